The van der Waals surface area contributed by atoms with Gasteiger partial charge in [0.05, 0.1) is 30.1 Å². The van der Waals surface area contributed by atoms with E-state index in [1.165, 1.54) is 4.57 Å². The lowest BCUT2D eigenvalue weighted by Crippen LogP contribution is -2.42. The number of hydrogen-bond acceptors (Lipinski definition) is 5. The zero-order valence-electron chi connectivity index (χ0n) is 18.2. The molecule has 1 aliphatic rings. The zero-order chi connectivity index (χ0) is 22.2. The Labute approximate surface area is 184 Å². The normalized spacial score (nSPS) is 16.1. The van der Waals surface area contributed by atoms with E-state index in [0.717, 1.165) is 24.0 Å². The highest BCUT2D eigenvalue weighted by Crippen LogP contribution is 2.23. The van der Waals surface area contributed by atoms with Crippen LogP contribution in [0.1, 0.15) is 29.9 Å². The Hall–Kier alpha value is -3.45. The van der Waals surface area contributed by atoms with E-state index in [1.807, 2.05) is 50.2 Å². The fourth-order valence-corrected chi connectivity index (χ4v) is 4.30. The maximum atomic E-state index is 13.4. The third-order valence-corrected chi connectivity index (χ3v) is 6.01. The van der Waals surface area contributed by atoms with E-state index in [2.05, 4.69) is 4.98 Å². The van der Waals surface area contributed by atoms with Gasteiger partial charge in [-0.2, -0.15) is 0 Å². The number of hydrogen-bond donors (Lipinski definition) is 0. The van der Waals surface area contributed by atoms with Crippen molar-refractivity contribution in [2.24, 2.45) is 0 Å². The number of aromatic nitrogens is 3. The Morgan fingerprint density at radius 2 is 1.91 bits per heavy atom. The lowest BCUT2D eigenvalue weighted by atomic mass is 10.1. The molecule has 7 nitrogen and oxygen atoms in total. The van der Waals surface area contributed by atoms with E-state index in [4.69, 9.17) is 9.15 Å². The number of ether oxygens (including phenoxy) is 1. The second-order valence-corrected chi connectivity index (χ2v) is 8.33. The second kappa shape index (κ2) is 8.24. The molecule has 1 aliphatic heterocycles. The summed E-state index contributed by atoms with van der Waals surface area (Å²) in [4.78, 5) is 31.2. The minimum atomic E-state index is -0.358. The molecule has 1 unspecified atom stereocenters. The topological polar surface area (TPSA) is 79.3 Å². The third-order valence-electron chi connectivity index (χ3n) is 6.01. The van der Waals surface area contributed by atoms with Gasteiger partial charge in [-0.15, -0.1) is 0 Å². The molecule has 1 atom stereocenters. The van der Waals surface area contributed by atoms with Crippen molar-refractivity contribution >= 4 is 10.9 Å². The van der Waals surface area contributed by atoms with Gasteiger partial charge >= 0.3 is 5.69 Å². The molecule has 2 aromatic carbocycles. The molecule has 0 aliphatic carbocycles. The molecule has 0 radical (unpaired) electrons. The van der Waals surface area contributed by atoms with Crippen molar-refractivity contribution in [2.75, 3.05) is 6.61 Å². The lowest BCUT2D eigenvalue weighted by molar-refractivity contribution is 0.0948. The standard InChI is InChI=1S/C25H25N3O4/c1-16-7-5-8-18(13-16)23-26-21(17(2)32-23)15-27-22-11-4-3-10-20(22)24(29)28(25(27)30)14-19-9-6-12-31-19/h3-5,7-8,10-11,13,19H,6,9,12,14-15H2,1-2H3. The average molecular weight is 431 g/mol. The summed E-state index contributed by atoms with van der Waals surface area (Å²) in [5, 5.41) is 0.505. The Morgan fingerprint density at radius 3 is 2.69 bits per heavy atom. The molecule has 4 aromatic rings. The Morgan fingerprint density at radius 1 is 1.06 bits per heavy atom. The van der Waals surface area contributed by atoms with Crippen LogP contribution in [0.5, 0.6) is 0 Å². The number of para-hydroxylation sites is 1. The summed E-state index contributed by atoms with van der Waals surface area (Å²) in [5.41, 5.74) is 2.61. The fourth-order valence-electron chi connectivity index (χ4n) is 4.30. The first-order valence-corrected chi connectivity index (χ1v) is 10.9. The molecular weight excluding hydrogens is 406 g/mol. The van der Waals surface area contributed by atoms with Gasteiger partial charge in [-0.05, 0) is 51.0 Å². The van der Waals surface area contributed by atoms with Crippen LogP contribution in [-0.4, -0.2) is 26.8 Å². The average Bonchev–Trinajstić information content (AvgIpc) is 3.44. The Kier molecular flexibility index (Phi) is 5.27. The quantitative estimate of drug-likeness (QED) is 0.482. The molecule has 2 aromatic heterocycles. The summed E-state index contributed by atoms with van der Waals surface area (Å²) < 4.78 is 14.5. The van der Waals surface area contributed by atoms with Crippen molar-refractivity contribution in [1.29, 1.82) is 0 Å². The highest BCUT2D eigenvalue weighted by atomic mass is 16.5. The van der Waals surface area contributed by atoms with Gasteiger partial charge in [0.15, 0.2) is 0 Å². The minimum absolute atomic E-state index is 0.114. The predicted octanol–water partition coefficient (Wildman–Crippen LogP) is 3.66. The number of benzene rings is 2. The van der Waals surface area contributed by atoms with E-state index in [0.29, 0.717) is 34.9 Å². The van der Waals surface area contributed by atoms with Crippen molar-refractivity contribution in [3.63, 3.8) is 0 Å². The highest BCUT2D eigenvalue weighted by molar-refractivity contribution is 5.77. The van der Waals surface area contributed by atoms with E-state index in [9.17, 15) is 9.59 Å². The maximum absolute atomic E-state index is 13.4. The van der Waals surface area contributed by atoms with Crippen molar-refractivity contribution < 1.29 is 9.15 Å². The van der Waals surface area contributed by atoms with Crippen LogP contribution in [0.3, 0.4) is 0 Å². The van der Waals surface area contributed by atoms with Gasteiger partial charge < -0.3 is 9.15 Å². The number of rotatable bonds is 5. The highest BCUT2D eigenvalue weighted by Gasteiger charge is 2.21. The lowest BCUT2D eigenvalue weighted by Gasteiger charge is -2.16. The monoisotopic (exact) mass is 431 g/mol. The Balaban J connectivity index is 1.60. The molecule has 0 bridgehead atoms. The molecule has 164 valence electrons. The van der Waals surface area contributed by atoms with Crippen LogP contribution < -0.4 is 11.2 Å². The molecule has 3 heterocycles. The number of nitrogens with zero attached hydrogens (tertiary/aromatic N) is 3. The molecule has 1 saturated heterocycles. The van der Waals surface area contributed by atoms with Crippen molar-refractivity contribution in [3.8, 4) is 11.5 Å². The van der Waals surface area contributed by atoms with E-state index in [-0.39, 0.29) is 30.4 Å². The molecule has 5 rings (SSSR count). The molecule has 0 N–H and O–H groups in total. The Bertz CT molecular complexity index is 1410. The van der Waals surface area contributed by atoms with Crippen LogP contribution in [0.4, 0.5) is 0 Å². The van der Waals surface area contributed by atoms with E-state index in [1.54, 1.807) is 16.7 Å². The molecular formula is C25H25N3O4. The summed E-state index contributed by atoms with van der Waals surface area (Å²) in [6.45, 7) is 5.00. The van der Waals surface area contributed by atoms with E-state index < -0.39 is 0 Å². The summed E-state index contributed by atoms with van der Waals surface area (Å²) in [6.07, 6.45) is 1.68. The molecule has 32 heavy (non-hydrogen) atoms. The zero-order valence-corrected chi connectivity index (χ0v) is 18.2. The van der Waals surface area contributed by atoms with Gasteiger partial charge in [-0.3, -0.25) is 13.9 Å². The van der Waals surface area contributed by atoms with E-state index >= 15 is 0 Å². The minimum Gasteiger partial charge on any atom is -0.441 e. The van der Waals surface area contributed by atoms with Gasteiger partial charge in [0, 0.05) is 12.2 Å². The molecule has 1 fully saturated rings. The first kappa shape index (κ1) is 20.5. The van der Waals surface area contributed by atoms with Crippen LogP contribution in [0.2, 0.25) is 0 Å². The van der Waals surface area contributed by atoms with Crippen molar-refractivity contribution in [2.45, 2.75) is 45.9 Å². The van der Waals surface area contributed by atoms with Crippen molar-refractivity contribution in [3.05, 3.63) is 86.4 Å². The molecule has 0 amide bonds. The summed E-state index contributed by atoms with van der Waals surface area (Å²) in [7, 11) is 0. The number of oxazole rings is 1. The molecule has 0 saturated carbocycles. The maximum Gasteiger partial charge on any atom is 0.331 e. The fraction of sp³-hybridized carbons (Fsp3) is 0.320. The second-order valence-electron chi connectivity index (χ2n) is 8.33. The van der Waals surface area contributed by atoms with Crippen molar-refractivity contribution in [1.82, 2.24) is 14.1 Å². The largest absolute Gasteiger partial charge is 0.441 e. The third kappa shape index (κ3) is 3.69. The SMILES string of the molecule is Cc1cccc(-c2nc(Cn3c(=O)n(CC4CCCO4)c(=O)c4ccccc43)c(C)o2)c1. The summed E-state index contributed by atoms with van der Waals surface area (Å²) >= 11 is 0. The van der Waals surface area contributed by atoms with Gasteiger partial charge in [-0.25, -0.2) is 9.78 Å². The van der Waals surface area contributed by atoms with Gasteiger partial charge in [0.1, 0.15) is 11.5 Å². The summed E-state index contributed by atoms with van der Waals surface area (Å²) in [6, 6.07) is 15.1. The van der Waals surface area contributed by atoms with Crippen LogP contribution in [-0.2, 0) is 17.8 Å². The van der Waals surface area contributed by atoms with Gasteiger partial charge in [0.2, 0.25) is 5.89 Å². The molecule has 7 heteroatoms. The first-order valence-electron chi connectivity index (χ1n) is 10.9. The van der Waals surface area contributed by atoms with Gasteiger partial charge in [0.25, 0.3) is 5.56 Å². The first-order chi connectivity index (χ1) is 15.5. The van der Waals surface area contributed by atoms with Crippen LogP contribution in [0, 0.1) is 13.8 Å². The molecule has 0 spiro atoms. The number of fused-ring (bicyclic) bond motifs is 1. The smallest absolute Gasteiger partial charge is 0.331 e. The van der Waals surface area contributed by atoms with Crippen LogP contribution in [0.25, 0.3) is 22.4 Å². The van der Waals surface area contributed by atoms with Crippen LogP contribution >= 0.6 is 0 Å². The van der Waals surface area contributed by atoms with Crippen LogP contribution in [0.15, 0.2) is 62.5 Å². The number of aryl methyl sites for hydroxylation is 2. The predicted molar refractivity (Wildman–Crippen MR) is 122 cm³/mol. The summed E-state index contributed by atoms with van der Waals surface area (Å²) in [5.74, 6) is 1.17. The van der Waals surface area contributed by atoms with Gasteiger partial charge in [-0.1, -0.05) is 29.8 Å².